The van der Waals surface area contributed by atoms with Crippen molar-refractivity contribution in [1.29, 1.82) is 0 Å². The lowest BCUT2D eigenvalue weighted by atomic mass is 9.91. The Morgan fingerprint density at radius 1 is 1.24 bits per heavy atom. The SMILES string of the molecule is C[C@@H]1CC[C@H](c2nc(C(=O)Nc3cnoc3)c(O)c(=O)n2C)CN1C(=O)c1ccc(Cl)c(Cl)c1. The molecule has 1 saturated heterocycles. The van der Waals surface area contributed by atoms with Crippen molar-refractivity contribution in [3.63, 3.8) is 0 Å². The van der Waals surface area contributed by atoms with Crippen LogP contribution >= 0.6 is 23.2 Å². The van der Waals surface area contributed by atoms with Crippen LogP contribution in [0.4, 0.5) is 5.69 Å². The monoisotopic (exact) mass is 505 g/mol. The lowest BCUT2D eigenvalue weighted by Crippen LogP contribution is -2.46. The van der Waals surface area contributed by atoms with Crippen LogP contribution in [0.1, 0.15) is 52.4 Å². The Bertz CT molecular complexity index is 1310. The molecular weight excluding hydrogens is 485 g/mol. The van der Waals surface area contributed by atoms with Gasteiger partial charge in [0.2, 0.25) is 5.75 Å². The maximum atomic E-state index is 13.2. The van der Waals surface area contributed by atoms with E-state index in [0.717, 1.165) is 0 Å². The van der Waals surface area contributed by atoms with Crippen molar-refractivity contribution in [3.8, 4) is 5.75 Å². The number of rotatable bonds is 4. The highest BCUT2D eigenvalue weighted by molar-refractivity contribution is 6.42. The van der Waals surface area contributed by atoms with E-state index in [0.29, 0.717) is 23.4 Å². The van der Waals surface area contributed by atoms with Gasteiger partial charge in [-0.3, -0.25) is 19.0 Å². The first-order chi connectivity index (χ1) is 16.2. The fourth-order valence-corrected chi connectivity index (χ4v) is 4.28. The van der Waals surface area contributed by atoms with Crippen molar-refractivity contribution in [2.45, 2.75) is 31.7 Å². The number of piperidine rings is 1. The Kier molecular flexibility index (Phi) is 6.63. The molecule has 1 fully saturated rings. The summed E-state index contributed by atoms with van der Waals surface area (Å²) >= 11 is 12.1. The summed E-state index contributed by atoms with van der Waals surface area (Å²) in [6.07, 6.45) is 3.75. The Labute approximate surface area is 204 Å². The number of benzene rings is 1. The van der Waals surface area contributed by atoms with Crippen LogP contribution in [0.2, 0.25) is 10.0 Å². The Morgan fingerprint density at radius 3 is 2.68 bits per heavy atom. The molecule has 0 aliphatic carbocycles. The minimum Gasteiger partial charge on any atom is -0.501 e. The molecule has 0 radical (unpaired) electrons. The number of nitrogens with zero attached hydrogens (tertiary/aromatic N) is 4. The third-order valence-electron chi connectivity index (χ3n) is 5.88. The van der Waals surface area contributed by atoms with Crippen LogP contribution in [0.5, 0.6) is 5.75 Å². The average molecular weight is 506 g/mol. The maximum Gasteiger partial charge on any atom is 0.296 e. The number of amides is 2. The molecule has 1 aliphatic rings. The molecule has 4 rings (SSSR count). The number of nitrogens with one attached hydrogen (secondary N) is 1. The Morgan fingerprint density at radius 2 is 2.00 bits per heavy atom. The zero-order chi connectivity index (χ0) is 24.6. The second-order valence-corrected chi connectivity index (χ2v) is 8.92. The molecule has 0 bridgehead atoms. The fraction of sp³-hybridized carbons (Fsp3) is 0.318. The standard InChI is InChI=1S/C22H21Cl2N5O5/c1-11-3-4-13(9-29(11)21(32)12-5-6-15(23)16(24)7-12)19-27-17(18(30)22(33)28(19)2)20(31)26-14-8-25-34-10-14/h5-8,10-11,13,30H,3-4,9H2,1-2H3,(H,26,31)/t11-,13+/m1/s1. The van der Waals surface area contributed by atoms with Gasteiger partial charge in [0.05, 0.1) is 16.2 Å². The van der Waals surface area contributed by atoms with Gasteiger partial charge in [-0.2, -0.15) is 0 Å². The third-order valence-corrected chi connectivity index (χ3v) is 6.62. The lowest BCUT2D eigenvalue weighted by Gasteiger charge is -2.38. The summed E-state index contributed by atoms with van der Waals surface area (Å²) in [7, 11) is 1.47. The molecule has 2 aromatic heterocycles. The second-order valence-electron chi connectivity index (χ2n) is 8.11. The van der Waals surface area contributed by atoms with Crippen LogP contribution in [0.25, 0.3) is 0 Å². The minimum atomic E-state index is -0.785. The van der Waals surface area contributed by atoms with Crippen LogP contribution in [-0.2, 0) is 7.05 Å². The molecule has 1 aromatic carbocycles. The van der Waals surface area contributed by atoms with E-state index in [9.17, 15) is 19.5 Å². The zero-order valence-electron chi connectivity index (χ0n) is 18.3. The van der Waals surface area contributed by atoms with Crippen LogP contribution < -0.4 is 10.9 Å². The van der Waals surface area contributed by atoms with E-state index < -0.39 is 22.9 Å². The number of halogens is 2. The number of aromatic nitrogens is 3. The normalized spacial score (nSPS) is 18.1. The number of anilines is 1. The third kappa shape index (κ3) is 4.51. The van der Waals surface area contributed by atoms with Gasteiger partial charge in [-0.1, -0.05) is 28.4 Å². The first-order valence-corrected chi connectivity index (χ1v) is 11.2. The van der Waals surface area contributed by atoms with E-state index in [2.05, 4.69) is 20.0 Å². The van der Waals surface area contributed by atoms with E-state index >= 15 is 0 Å². The molecule has 2 atom stereocenters. The largest absolute Gasteiger partial charge is 0.501 e. The summed E-state index contributed by atoms with van der Waals surface area (Å²) in [5.41, 5.74) is -0.539. The summed E-state index contributed by atoms with van der Waals surface area (Å²) in [4.78, 5) is 44.6. The highest BCUT2D eigenvalue weighted by Crippen LogP contribution is 2.31. The summed E-state index contributed by atoms with van der Waals surface area (Å²) in [6, 6.07) is 4.62. The predicted molar refractivity (Wildman–Crippen MR) is 125 cm³/mol. The molecular formula is C22H21Cl2N5O5. The fourth-order valence-electron chi connectivity index (χ4n) is 3.98. The van der Waals surface area contributed by atoms with Gasteiger partial charge < -0.3 is 19.8 Å². The van der Waals surface area contributed by atoms with Gasteiger partial charge in [-0.25, -0.2) is 4.98 Å². The zero-order valence-corrected chi connectivity index (χ0v) is 19.8. The maximum absolute atomic E-state index is 13.2. The van der Waals surface area contributed by atoms with Crippen molar-refractivity contribution < 1.29 is 19.2 Å². The summed E-state index contributed by atoms with van der Waals surface area (Å²) in [5.74, 6) is -1.84. The van der Waals surface area contributed by atoms with E-state index in [1.807, 2.05) is 6.92 Å². The molecule has 1 aliphatic heterocycles. The number of aromatic hydroxyl groups is 1. The van der Waals surface area contributed by atoms with Crippen molar-refractivity contribution in [2.24, 2.45) is 7.05 Å². The van der Waals surface area contributed by atoms with Gasteiger partial charge in [0.25, 0.3) is 17.4 Å². The van der Waals surface area contributed by atoms with Crippen molar-refractivity contribution >= 4 is 40.7 Å². The first-order valence-electron chi connectivity index (χ1n) is 10.4. The molecule has 0 saturated carbocycles. The van der Waals surface area contributed by atoms with Gasteiger partial charge in [0, 0.05) is 31.1 Å². The summed E-state index contributed by atoms with van der Waals surface area (Å²) in [5, 5.41) is 16.9. The quantitative estimate of drug-likeness (QED) is 0.554. The van der Waals surface area contributed by atoms with Crippen molar-refractivity contribution in [1.82, 2.24) is 19.6 Å². The number of carbonyl (C=O) groups excluding carboxylic acids is 2. The number of hydrogen-bond donors (Lipinski definition) is 2. The van der Waals surface area contributed by atoms with Crippen LogP contribution in [0.3, 0.4) is 0 Å². The van der Waals surface area contributed by atoms with Crippen LogP contribution in [0.15, 0.2) is 40.0 Å². The van der Waals surface area contributed by atoms with E-state index in [1.54, 1.807) is 17.0 Å². The highest BCUT2D eigenvalue weighted by Gasteiger charge is 2.34. The lowest BCUT2D eigenvalue weighted by molar-refractivity contribution is 0.0603. The number of hydrogen-bond acceptors (Lipinski definition) is 7. The molecule has 178 valence electrons. The molecule has 2 amide bonds. The topological polar surface area (TPSA) is 131 Å². The smallest absolute Gasteiger partial charge is 0.296 e. The molecule has 2 N–H and O–H groups in total. The van der Waals surface area contributed by atoms with Crippen LogP contribution in [-0.4, -0.2) is 49.1 Å². The molecule has 12 heteroatoms. The number of likely N-dealkylation sites (tertiary alicyclic amines) is 1. The van der Waals surface area contributed by atoms with Crippen molar-refractivity contribution in [3.05, 3.63) is 68.1 Å². The van der Waals surface area contributed by atoms with Gasteiger partial charge in [-0.05, 0) is 38.0 Å². The van der Waals surface area contributed by atoms with Crippen LogP contribution in [0, 0.1) is 0 Å². The van der Waals surface area contributed by atoms with E-state index in [1.165, 1.54) is 30.1 Å². The summed E-state index contributed by atoms with van der Waals surface area (Å²) in [6.45, 7) is 2.20. The Balaban J connectivity index is 1.65. The van der Waals surface area contributed by atoms with Crippen molar-refractivity contribution in [2.75, 3.05) is 11.9 Å². The van der Waals surface area contributed by atoms with E-state index in [4.69, 9.17) is 23.2 Å². The predicted octanol–water partition coefficient (Wildman–Crippen LogP) is 3.44. The molecule has 34 heavy (non-hydrogen) atoms. The molecule has 10 nitrogen and oxygen atoms in total. The molecule has 3 heterocycles. The Hall–Kier alpha value is -3.37. The first kappa shape index (κ1) is 23.8. The van der Waals surface area contributed by atoms with Gasteiger partial charge >= 0.3 is 0 Å². The van der Waals surface area contributed by atoms with E-state index in [-0.39, 0.29) is 40.9 Å². The number of carbonyl (C=O) groups is 2. The second kappa shape index (κ2) is 9.47. The van der Waals surface area contributed by atoms with Gasteiger partial charge in [0.15, 0.2) is 5.69 Å². The van der Waals surface area contributed by atoms with Gasteiger partial charge in [0.1, 0.15) is 17.8 Å². The molecule has 0 unspecified atom stereocenters. The minimum absolute atomic E-state index is 0.0660. The van der Waals surface area contributed by atoms with Gasteiger partial charge in [-0.15, -0.1) is 0 Å². The average Bonchev–Trinajstić information content (AvgIpc) is 3.32. The molecule has 0 spiro atoms. The highest BCUT2D eigenvalue weighted by atomic mass is 35.5. The molecule has 3 aromatic rings. The summed E-state index contributed by atoms with van der Waals surface area (Å²) < 4.78 is 5.87.